The number of nitro benzene ring substituents is 1. The fourth-order valence-corrected chi connectivity index (χ4v) is 1.57. The molecule has 1 heterocycles. The van der Waals surface area contributed by atoms with E-state index in [2.05, 4.69) is 32.1 Å². The molecular formula is C11H8N6O2. The molecule has 2 aromatic rings. The molecule has 19 heavy (non-hydrogen) atoms. The summed E-state index contributed by atoms with van der Waals surface area (Å²) in [5.41, 5.74) is 9.14. The molecule has 0 aliphatic heterocycles. The molecule has 8 nitrogen and oxygen atoms in total. The molecule has 8 heteroatoms. The second kappa shape index (κ2) is 5.53. The number of hydrogen-bond donors (Lipinski definition) is 1. The van der Waals surface area contributed by atoms with Crippen molar-refractivity contribution in [2.75, 3.05) is 6.54 Å². The SMILES string of the molecule is [N-]=[N+]=NCCC#Cc1cc([N+](=O)[O-])c2cn[nH]c2c1. The van der Waals surface area contributed by atoms with Gasteiger partial charge in [-0.3, -0.25) is 15.2 Å². The Kier molecular flexibility index (Phi) is 3.61. The lowest BCUT2D eigenvalue weighted by Crippen LogP contribution is -1.90. The van der Waals surface area contributed by atoms with E-state index in [1.165, 1.54) is 12.3 Å². The Bertz CT molecular complexity index is 732. The first-order valence-electron chi connectivity index (χ1n) is 5.33. The van der Waals surface area contributed by atoms with Crippen LogP contribution in [-0.4, -0.2) is 21.7 Å². The van der Waals surface area contributed by atoms with E-state index in [1.807, 2.05) is 0 Å². The zero-order valence-electron chi connectivity index (χ0n) is 9.70. The van der Waals surface area contributed by atoms with E-state index in [-0.39, 0.29) is 12.2 Å². The van der Waals surface area contributed by atoms with Crippen molar-refractivity contribution in [3.05, 3.63) is 44.5 Å². The van der Waals surface area contributed by atoms with Crippen molar-refractivity contribution in [2.24, 2.45) is 5.11 Å². The van der Waals surface area contributed by atoms with Crippen molar-refractivity contribution in [1.82, 2.24) is 10.2 Å². The number of rotatable bonds is 3. The summed E-state index contributed by atoms with van der Waals surface area (Å²) in [6, 6.07) is 3.09. The Labute approximate surface area is 107 Å². The molecule has 0 saturated heterocycles. The third-order valence-corrected chi connectivity index (χ3v) is 2.37. The first-order valence-corrected chi connectivity index (χ1v) is 5.33. The molecule has 0 radical (unpaired) electrons. The molecule has 1 aromatic carbocycles. The normalized spacial score (nSPS) is 9.47. The summed E-state index contributed by atoms with van der Waals surface area (Å²) in [7, 11) is 0. The number of non-ortho nitro benzene ring substituents is 1. The van der Waals surface area contributed by atoms with E-state index in [9.17, 15) is 10.1 Å². The molecule has 2 rings (SSSR count). The molecule has 0 saturated carbocycles. The highest BCUT2D eigenvalue weighted by molar-refractivity contribution is 5.88. The van der Waals surface area contributed by atoms with Crippen LogP contribution in [-0.2, 0) is 0 Å². The predicted molar refractivity (Wildman–Crippen MR) is 68.3 cm³/mol. The Morgan fingerprint density at radius 2 is 2.42 bits per heavy atom. The number of aromatic amines is 1. The summed E-state index contributed by atoms with van der Waals surface area (Å²) in [5.74, 6) is 5.58. The van der Waals surface area contributed by atoms with E-state index in [4.69, 9.17) is 5.53 Å². The smallest absolute Gasteiger partial charge is 0.278 e. The maximum atomic E-state index is 10.9. The number of H-pyrrole nitrogens is 1. The van der Waals surface area contributed by atoms with Crippen LogP contribution in [0.2, 0.25) is 0 Å². The number of benzene rings is 1. The third kappa shape index (κ3) is 2.80. The summed E-state index contributed by atoms with van der Waals surface area (Å²) < 4.78 is 0. The molecule has 0 aliphatic rings. The number of nitrogens with zero attached hydrogens (tertiary/aromatic N) is 5. The molecule has 0 fully saturated rings. The monoisotopic (exact) mass is 256 g/mol. The molecular weight excluding hydrogens is 248 g/mol. The standard InChI is InChI=1S/C11H8N6O2/c12-16-13-4-2-1-3-8-5-10-9(7-14-15-10)11(6-8)17(18)19/h5-7H,2,4H2,(H,14,15). The maximum Gasteiger partial charge on any atom is 0.281 e. The number of fused-ring (bicyclic) bond motifs is 1. The van der Waals surface area contributed by atoms with Crippen LogP contribution in [0.1, 0.15) is 12.0 Å². The zero-order valence-corrected chi connectivity index (χ0v) is 9.70. The fraction of sp³-hybridized carbons (Fsp3) is 0.182. The largest absolute Gasteiger partial charge is 0.281 e. The van der Waals surface area contributed by atoms with Crippen LogP contribution in [0.25, 0.3) is 21.3 Å². The van der Waals surface area contributed by atoms with Crippen LogP contribution >= 0.6 is 0 Å². The summed E-state index contributed by atoms with van der Waals surface area (Å²) in [6.45, 7) is 0.276. The summed E-state index contributed by atoms with van der Waals surface area (Å²) in [4.78, 5) is 13.1. The van der Waals surface area contributed by atoms with Crippen molar-refractivity contribution in [3.8, 4) is 11.8 Å². The van der Waals surface area contributed by atoms with Crippen LogP contribution in [0.4, 0.5) is 5.69 Å². The third-order valence-electron chi connectivity index (χ3n) is 2.37. The fourth-order valence-electron chi connectivity index (χ4n) is 1.57. The van der Waals surface area contributed by atoms with Gasteiger partial charge in [0.05, 0.1) is 22.0 Å². The van der Waals surface area contributed by atoms with Gasteiger partial charge in [0.15, 0.2) is 0 Å². The Morgan fingerprint density at radius 1 is 1.58 bits per heavy atom. The summed E-state index contributed by atoms with van der Waals surface area (Å²) in [6.07, 6.45) is 1.81. The van der Waals surface area contributed by atoms with Gasteiger partial charge in [-0.1, -0.05) is 17.0 Å². The molecule has 0 spiro atoms. The minimum Gasteiger partial charge on any atom is -0.278 e. The van der Waals surface area contributed by atoms with Crippen molar-refractivity contribution in [3.63, 3.8) is 0 Å². The number of hydrogen-bond acceptors (Lipinski definition) is 4. The number of nitro groups is 1. The average Bonchev–Trinajstić information content (AvgIpc) is 2.85. The van der Waals surface area contributed by atoms with Crippen molar-refractivity contribution < 1.29 is 4.92 Å². The zero-order chi connectivity index (χ0) is 13.7. The number of nitrogens with one attached hydrogen (secondary N) is 1. The van der Waals surface area contributed by atoms with Crippen molar-refractivity contribution >= 4 is 16.6 Å². The van der Waals surface area contributed by atoms with Gasteiger partial charge < -0.3 is 0 Å². The quantitative estimate of drug-likeness (QED) is 0.173. The average molecular weight is 256 g/mol. The van der Waals surface area contributed by atoms with Crippen LogP contribution in [0, 0.1) is 22.0 Å². The molecule has 0 unspecified atom stereocenters. The summed E-state index contributed by atoms with van der Waals surface area (Å²) >= 11 is 0. The predicted octanol–water partition coefficient (Wildman–Crippen LogP) is 2.52. The summed E-state index contributed by atoms with van der Waals surface area (Å²) in [5, 5.41) is 21.2. The van der Waals surface area contributed by atoms with E-state index in [1.54, 1.807) is 6.07 Å². The maximum absolute atomic E-state index is 10.9. The van der Waals surface area contributed by atoms with Gasteiger partial charge in [0.1, 0.15) is 0 Å². The lowest BCUT2D eigenvalue weighted by atomic mass is 10.1. The van der Waals surface area contributed by atoms with Gasteiger partial charge in [-0.05, 0) is 11.6 Å². The number of azide groups is 1. The van der Waals surface area contributed by atoms with Gasteiger partial charge in [0.25, 0.3) is 5.69 Å². The molecule has 0 atom stereocenters. The Morgan fingerprint density at radius 3 is 3.16 bits per heavy atom. The van der Waals surface area contributed by atoms with Gasteiger partial charge in [0.2, 0.25) is 0 Å². The first kappa shape index (κ1) is 12.4. The van der Waals surface area contributed by atoms with Gasteiger partial charge in [-0.2, -0.15) is 5.10 Å². The molecule has 0 aliphatic carbocycles. The van der Waals surface area contributed by atoms with E-state index in [0.29, 0.717) is 22.9 Å². The highest BCUT2D eigenvalue weighted by Crippen LogP contribution is 2.25. The van der Waals surface area contributed by atoms with E-state index >= 15 is 0 Å². The van der Waals surface area contributed by atoms with Crippen LogP contribution < -0.4 is 0 Å². The van der Waals surface area contributed by atoms with Gasteiger partial charge in [-0.25, -0.2) is 0 Å². The highest BCUT2D eigenvalue weighted by Gasteiger charge is 2.14. The Balaban J connectivity index is 2.33. The highest BCUT2D eigenvalue weighted by atomic mass is 16.6. The minimum atomic E-state index is -0.469. The van der Waals surface area contributed by atoms with Crippen LogP contribution in [0.3, 0.4) is 0 Å². The Hall–Kier alpha value is -3.04. The van der Waals surface area contributed by atoms with Crippen LogP contribution in [0.15, 0.2) is 23.4 Å². The van der Waals surface area contributed by atoms with Gasteiger partial charge in [-0.15, -0.1) is 0 Å². The van der Waals surface area contributed by atoms with Crippen molar-refractivity contribution in [1.29, 1.82) is 0 Å². The molecule has 1 aromatic heterocycles. The lowest BCUT2D eigenvalue weighted by molar-refractivity contribution is -0.383. The van der Waals surface area contributed by atoms with E-state index in [0.717, 1.165) is 0 Å². The molecule has 0 bridgehead atoms. The first-order chi connectivity index (χ1) is 9.22. The second-order valence-electron chi connectivity index (χ2n) is 3.59. The van der Waals surface area contributed by atoms with Gasteiger partial charge >= 0.3 is 0 Å². The minimum absolute atomic E-state index is 0.0365. The van der Waals surface area contributed by atoms with Gasteiger partial charge in [0, 0.05) is 29.5 Å². The lowest BCUT2D eigenvalue weighted by Gasteiger charge is -1.95. The van der Waals surface area contributed by atoms with E-state index < -0.39 is 4.92 Å². The molecule has 1 N–H and O–H groups in total. The molecule has 0 amide bonds. The van der Waals surface area contributed by atoms with Crippen molar-refractivity contribution in [2.45, 2.75) is 6.42 Å². The van der Waals surface area contributed by atoms with Crippen LogP contribution in [0.5, 0.6) is 0 Å². The second-order valence-corrected chi connectivity index (χ2v) is 3.59. The number of aromatic nitrogens is 2. The topological polar surface area (TPSA) is 121 Å². The molecule has 94 valence electrons.